The molecule has 2 aromatic rings. The molecule has 0 aliphatic rings. The first kappa shape index (κ1) is 11.4. The van der Waals surface area contributed by atoms with Gasteiger partial charge in [-0.15, -0.1) is 0 Å². The molecule has 1 aromatic heterocycles. The number of esters is 1. The molecule has 4 nitrogen and oxygen atoms in total. The van der Waals surface area contributed by atoms with Gasteiger partial charge in [-0.25, -0.2) is 0 Å². The summed E-state index contributed by atoms with van der Waals surface area (Å²) >= 11 is 0. The molecule has 0 bridgehead atoms. The zero-order valence-electron chi connectivity index (χ0n) is 9.77. The fourth-order valence-electron chi connectivity index (χ4n) is 1.76. The second-order valence-electron chi connectivity index (χ2n) is 3.88. The number of aromatic nitrogens is 1. The van der Waals surface area contributed by atoms with Crippen molar-refractivity contribution in [2.75, 3.05) is 7.11 Å². The van der Waals surface area contributed by atoms with E-state index in [9.17, 15) is 9.59 Å². The average Bonchev–Trinajstić information content (AvgIpc) is 2.70. The zero-order valence-corrected chi connectivity index (χ0v) is 9.77. The predicted octanol–water partition coefficient (Wildman–Crippen LogP) is 1.92. The maximum Gasteiger partial charge on any atom is 0.313 e. The minimum atomic E-state index is -0.511. The summed E-state index contributed by atoms with van der Waals surface area (Å²) in [6.45, 7) is 0. The van der Waals surface area contributed by atoms with Crippen molar-refractivity contribution in [1.82, 2.24) is 4.57 Å². The van der Waals surface area contributed by atoms with Crippen LogP contribution in [0.2, 0.25) is 0 Å². The van der Waals surface area contributed by atoms with Crippen molar-refractivity contribution in [1.29, 1.82) is 0 Å². The summed E-state index contributed by atoms with van der Waals surface area (Å²) in [6, 6.07) is 7.33. The largest absolute Gasteiger partial charge is 0.469 e. The number of ketones is 1. The molecule has 0 aliphatic carbocycles. The standard InChI is InChI=1S/C13H13NO3/c1-14-6-5-9-7-10(3-4-11(9)14)12(15)8-13(16)17-2/h3-7H,8H2,1-2H3. The number of ether oxygens (including phenoxy) is 1. The number of hydrogen-bond donors (Lipinski definition) is 0. The average molecular weight is 231 g/mol. The summed E-state index contributed by atoms with van der Waals surface area (Å²) in [4.78, 5) is 22.8. The highest BCUT2D eigenvalue weighted by Gasteiger charge is 2.12. The van der Waals surface area contributed by atoms with E-state index >= 15 is 0 Å². The number of benzene rings is 1. The number of nitrogens with zero attached hydrogens (tertiary/aromatic N) is 1. The van der Waals surface area contributed by atoms with E-state index in [2.05, 4.69) is 4.74 Å². The van der Waals surface area contributed by atoms with Crippen LogP contribution in [-0.2, 0) is 16.6 Å². The number of carbonyl (C=O) groups excluding carboxylic acids is 2. The lowest BCUT2D eigenvalue weighted by molar-refractivity contribution is -0.139. The molecule has 1 heterocycles. The molecule has 0 saturated heterocycles. The van der Waals surface area contributed by atoms with Gasteiger partial charge in [-0.1, -0.05) is 0 Å². The van der Waals surface area contributed by atoms with E-state index in [4.69, 9.17) is 0 Å². The van der Waals surface area contributed by atoms with Gasteiger partial charge in [0, 0.05) is 29.7 Å². The van der Waals surface area contributed by atoms with Crippen LogP contribution in [0.1, 0.15) is 16.8 Å². The molecule has 4 heteroatoms. The summed E-state index contributed by atoms with van der Waals surface area (Å²) in [5, 5.41) is 0.989. The zero-order chi connectivity index (χ0) is 12.4. The van der Waals surface area contributed by atoms with Gasteiger partial charge in [-0.3, -0.25) is 9.59 Å². The minimum Gasteiger partial charge on any atom is -0.469 e. The highest BCUT2D eigenvalue weighted by molar-refractivity contribution is 6.07. The summed E-state index contributed by atoms with van der Waals surface area (Å²) in [5.41, 5.74) is 1.59. The van der Waals surface area contributed by atoms with E-state index in [1.807, 2.05) is 29.9 Å². The molecule has 17 heavy (non-hydrogen) atoms. The van der Waals surface area contributed by atoms with Crippen LogP contribution in [0, 0.1) is 0 Å². The second kappa shape index (κ2) is 4.41. The Morgan fingerprint density at radius 2 is 2.06 bits per heavy atom. The lowest BCUT2D eigenvalue weighted by Crippen LogP contribution is -2.09. The monoisotopic (exact) mass is 231 g/mol. The first-order valence-corrected chi connectivity index (χ1v) is 5.27. The molecule has 0 atom stereocenters. The van der Waals surface area contributed by atoms with Crippen molar-refractivity contribution in [2.45, 2.75) is 6.42 Å². The number of carbonyl (C=O) groups is 2. The van der Waals surface area contributed by atoms with Gasteiger partial charge in [0.25, 0.3) is 0 Å². The van der Waals surface area contributed by atoms with Crippen LogP contribution >= 0.6 is 0 Å². The highest BCUT2D eigenvalue weighted by atomic mass is 16.5. The van der Waals surface area contributed by atoms with Gasteiger partial charge in [0.15, 0.2) is 5.78 Å². The molecule has 0 spiro atoms. The molecule has 1 aromatic carbocycles. The molecule has 0 fully saturated rings. The fraction of sp³-hybridized carbons (Fsp3) is 0.231. The summed E-state index contributed by atoms with van der Waals surface area (Å²) in [7, 11) is 3.22. The lowest BCUT2D eigenvalue weighted by Gasteiger charge is -2.01. The van der Waals surface area contributed by atoms with E-state index in [1.165, 1.54) is 7.11 Å². The Balaban J connectivity index is 2.30. The van der Waals surface area contributed by atoms with Crippen molar-refractivity contribution in [3.05, 3.63) is 36.0 Å². The third-order valence-electron chi connectivity index (χ3n) is 2.74. The van der Waals surface area contributed by atoms with Gasteiger partial charge >= 0.3 is 5.97 Å². The quantitative estimate of drug-likeness (QED) is 0.460. The third-order valence-corrected chi connectivity index (χ3v) is 2.74. The van der Waals surface area contributed by atoms with Crippen LogP contribution in [0.4, 0.5) is 0 Å². The first-order chi connectivity index (χ1) is 8.11. The molecule has 0 unspecified atom stereocenters. The maximum atomic E-state index is 11.8. The highest BCUT2D eigenvalue weighted by Crippen LogP contribution is 2.17. The first-order valence-electron chi connectivity index (χ1n) is 5.27. The van der Waals surface area contributed by atoms with E-state index in [0.29, 0.717) is 5.56 Å². The van der Waals surface area contributed by atoms with E-state index in [-0.39, 0.29) is 12.2 Å². The number of rotatable bonds is 3. The van der Waals surface area contributed by atoms with Gasteiger partial charge in [0.05, 0.1) is 7.11 Å². The Kier molecular flexibility index (Phi) is 2.95. The Hall–Kier alpha value is -2.10. The van der Waals surface area contributed by atoms with Crippen molar-refractivity contribution < 1.29 is 14.3 Å². The predicted molar refractivity (Wildman–Crippen MR) is 63.9 cm³/mol. The van der Waals surface area contributed by atoms with E-state index in [1.54, 1.807) is 12.1 Å². The fourth-order valence-corrected chi connectivity index (χ4v) is 1.76. The number of hydrogen-bond acceptors (Lipinski definition) is 3. The molecular weight excluding hydrogens is 218 g/mol. The van der Waals surface area contributed by atoms with Crippen LogP contribution < -0.4 is 0 Å². The second-order valence-corrected chi connectivity index (χ2v) is 3.88. The Bertz CT molecular complexity index is 583. The minimum absolute atomic E-state index is 0.213. The molecule has 0 saturated carbocycles. The third kappa shape index (κ3) is 2.20. The van der Waals surface area contributed by atoms with Gasteiger partial charge < -0.3 is 9.30 Å². The van der Waals surface area contributed by atoms with Crippen molar-refractivity contribution in [2.24, 2.45) is 7.05 Å². The summed E-state index contributed by atoms with van der Waals surface area (Å²) in [6.07, 6.45) is 1.72. The van der Waals surface area contributed by atoms with Gasteiger partial charge in [0.1, 0.15) is 6.42 Å². The number of aryl methyl sites for hydroxylation is 1. The van der Waals surface area contributed by atoms with Crippen LogP contribution in [-0.4, -0.2) is 23.4 Å². The van der Waals surface area contributed by atoms with Crippen molar-refractivity contribution >= 4 is 22.7 Å². The smallest absolute Gasteiger partial charge is 0.313 e. The molecule has 2 rings (SSSR count). The lowest BCUT2D eigenvalue weighted by atomic mass is 10.1. The summed E-state index contributed by atoms with van der Waals surface area (Å²) in [5.74, 6) is -0.731. The van der Waals surface area contributed by atoms with Crippen LogP contribution in [0.5, 0.6) is 0 Å². The van der Waals surface area contributed by atoms with Crippen LogP contribution in [0.15, 0.2) is 30.5 Å². The molecule has 0 amide bonds. The Morgan fingerprint density at radius 3 is 2.76 bits per heavy atom. The number of fused-ring (bicyclic) bond motifs is 1. The van der Waals surface area contributed by atoms with Crippen LogP contribution in [0.3, 0.4) is 0 Å². The van der Waals surface area contributed by atoms with Crippen molar-refractivity contribution in [3.63, 3.8) is 0 Å². The van der Waals surface area contributed by atoms with Crippen molar-refractivity contribution in [3.8, 4) is 0 Å². The summed E-state index contributed by atoms with van der Waals surface area (Å²) < 4.78 is 6.45. The van der Waals surface area contributed by atoms with Gasteiger partial charge in [-0.05, 0) is 24.3 Å². The molecule has 0 aliphatic heterocycles. The normalized spacial score (nSPS) is 10.5. The van der Waals surface area contributed by atoms with E-state index < -0.39 is 5.97 Å². The molecule has 0 radical (unpaired) electrons. The van der Waals surface area contributed by atoms with Gasteiger partial charge in [0.2, 0.25) is 0 Å². The van der Waals surface area contributed by atoms with Crippen LogP contribution in [0.25, 0.3) is 10.9 Å². The number of Topliss-reactive ketones (excluding diaryl/α,β-unsaturated/α-hetero) is 1. The van der Waals surface area contributed by atoms with E-state index in [0.717, 1.165) is 10.9 Å². The van der Waals surface area contributed by atoms with Gasteiger partial charge in [-0.2, -0.15) is 0 Å². The topological polar surface area (TPSA) is 48.3 Å². The SMILES string of the molecule is COC(=O)CC(=O)c1ccc2c(ccn2C)c1. The Morgan fingerprint density at radius 1 is 1.29 bits per heavy atom. The molecule has 0 N–H and O–H groups in total. The molecule has 88 valence electrons. The number of methoxy groups -OCH3 is 1. The Labute approximate surface area is 98.8 Å². The molecular formula is C13H13NO3. The maximum absolute atomic E-state index is 11.8.